The van der Waals surface area contributed by atoms with E-state index in [0.29, 0.717) is 18.8 Å². The highest BCUT2D eigenvalue weighted by atomic mass is 19.4. The van der Waals surface area contributed by atoms with E-state index < -0.39 is 11.7 Å². The molecule has 1 aliphatic carbocycles. The van der Waals surface area contributed by atoms with Gasteiger partial charge < -0.3 is 15.0 Å². The molecule has 0 radical (unpaired) electrons. The molecule has 3 rings (SSSR count). The van der Waals surface area contributed by atoms with Crippen LogP contribution in [0.5, 0.6) is 0 Å². The monoisotopic (exact) mass is 399 g/mol. The lowest BCUT2D eigenvalue weighted by atomic mass is 9.82. The van der Waals surface area contributed by atoms with Gasteiger partial charge in [-0.25, -0.2) is 4.98 Å². The Morgan fingerprint density at radius 3 is 2.64 bits per heavy atom. The van der Waals surface area contributed by atoms with Crippen LogP contribution in [0.15, 0.2) is 18.3 Å². The van der Waals surface area contributed by atoms with Crippen molar-refractivity contribution in [2.75, 3.05) is 25.0 Å². The molecule has 28 heavy (non-hydrogen) atoms. The lowest BCUT2D eigenvalue weighted by molar-refractivity contribution is -0.138. The summed E-state index contributed by atoms with van der Waals surface area (Å²) < 4.78 is 44.2. The molecule has 2 heterocycles. The first-order chi connectivity index (χ1) is 13.4. The molecule has 0 unspecified atom stereocenters. The molecule has 0 spiro atoms. The van der Waals surface area contributed by atoms with Gasteiger partial charge in [0.05, 0.1) is 17.7 Å². The maximum atomic E-state index is 12.8. The Morgan fingerprint density at radius 1 is 1.29 bits per heavy atom. The molecular weight excluding hydrogens is 371 g/mol. The summed E-state index contributed by atoms with van der Waals surface area (Å²) in [5.41, 5.74) is -0.775. The molecule has 156 valence electrons. The summed E-state index contributed by atoms with van der Waals surface area (Å²) in [5, 5.41) is 3.22. The first-order valence-corrected chi connectivity index (χ1v) is 10.1. The number of hydrogen-bond acceptors (Lipinski definition) is 4. The minimum Gasteiger partial charge on any atom is -0.376 e. The van der Waals surface area contributed by atoms with E-state index in [0.717, 1.165) is 57.5 Å². The predicted octanol–water partition coefficient (Wildman–Crippen LogP) is 4.10. The highest BCUT2D eigenvalue weighted by molar-refractivity contribution is 5.79. The molecule has 8 heteroatoms. The Balaban J connectivity index is 1.68. The first kappa shape index (κ1) is 20.9. The van der Waals surface area contributed by atoms with Crippen LogP contribution in [0.3, 0.4) is 0 Å². The molecule has 1 aliphatic heterocycles. The van der Waals surface area contributed by atoms with Gasteiger partial charge in [0.2, 0.25) is 5.91 Å². The number of ether oxygens (including phenoxy) is 1. The van der Waals surface area contributed by atoms with Crippen molar-refractivity contribution in [2.45, 2.75) is 63.8 Å². The van der Waals surface area contributed by atoms with Crippen LogP contribution < -0.4 is 5.32 Å². The topological polar surface area (TPSA) is 54.5 Å². The fourth-order valence-electron chi connectivity index (χ4n) is 4.02. The standard InChI is InChI=1S/C20H28F3N3O2/c1-2-11-28-17-7-5-14(19(27)26-9-3-4-10-26)12-16(17)25-18-8-6-15(13-24-18)20(21,22)23/h6,8,13-14,16-17H,2-5,7,9-12H2,1H3,(H,24,25)/t14-,16+,17+/m0/s1. The van der Waals surface area contributed by atoms with E-state index in [-0.39, 0.29) is 24.0 Å². The molecule has 2 fully saturated rings. The van der Waals surface area contributed by atoms with Crippen LogP contribution in [0, 0.1) is 5.92 Å². The van der Waals surface area contributed by atoms with Gasteiger partial charge >= 0.3 is 6.18 Å². The molecule has 1 saturated heterocycles. The van der Waals surface area contributed by atoms with E-state index in [1.165, 1.54) is 6.07 Å². The number of hydrogen-bond donors (Lipinski definition) is 1. The Morgan fingerprint density at radius 2 is 2.04 bits per heavy atom. The SMILES string of the molecule is CCCO[C@@H]1CC[C@H](C(=O)N2CCCC2)C[C@H]1Nc1ccc(C(F)(F)F)cn1. The number of halogens is 3. The van der Waals surface area contributed by atoms with Crippen molar-refractivity contribution >= 4 is 11.7 Å². The van der Waals surface area contributed by atoms with Gasteiger partial charge in [0, 0.05) is 31.8 Å². The number of nitrogens with zero attached hydrogens (tertiary/aromatic N) is 2. The third kappa shape index (κ3) is 5.16. The third-order valence-corrected chi connectivity index (χ3v) is 5.51. The van der Waals surface area contributed by atoms with Gasteiger partial charge in [0.25, 0.3) is 0 Å². The first-order valence-electron chi connectivity index (χ1n) is 10.1. The minimum absolute atomic E-state index is 0.0772. The van der Waals surface area contributed by atoms with Crippen LogP contribution in [0.2, 0.25) is 0 Å². The second-order valence-corrected chi connectivity index (χ2v) is 7.63. The zero-order valence-corrected chi connectivity index (χ0v) is 16.2. The Bertz CT molecular complexity index is 645. The van der Waals surface area contributed by atoms with Crippen LogP contribution in [-0.4, -0.2) is 47.6 Å². The summed E-state index contributed by atoms with van der Waals surface area (Å²) in [6.45, 7) is 4.30. The van der Waals surface area contributed by atoms with Crippen LogP contribution in [0.4, 0.5) is 19.0 Å². The zero-order valence-electron chi connectivity index (χ0n) is 16.2. The van der Waals surface area contributed by atoms with Crippen molar-refractivity contribution in [2.24, 2.45) is 5.92 Å². The molecule has 1 amide bonds. The summed E-state index contributed by atoms with van der Waals surface area (Å²) >= 11 is 0. The second-order valence-electron chi connectivity index (χ2n) is 7.63. The Labute approximate surface area is 163 Å². The Hall–Kier alpha value is -1.83. The molecule has 1 aromatic heterocycles. The number of pyridine rings is 1. The van der Waals surface area contributed by atoms with E-state index in [1.54, 1.807) is 0 Å². The van der Waals surface area contributed by atoms with Crippen molar-refractivity contribution in [1.82, 2.24) is 9.88 Å². The number of anilines is 1. The van der Waals surface area contributed by atoms with Gasteiger partial charge in [-0.15, -0.1) is 0 Å². The molecule has 5 nitrogen and oxygen atoms in total. The molecule has 0 bridgehead atoms. The van der Waals surface area contributed by atoms with Crippen molar-refractivity contribution in [3.05, 3.63) is 23.9 Å². The lowest BCUT2D eigenvalue weighted by Gasteiger charge is -2.37. The number of carbonyl (C=O) groups is 1. The van der Waals surface area contributed by atoms with E-state index in [9.17, 15) is 18.0 Å². The maximum Gasteiger partial charge on any atom is 0.417 e. The second kappa shape index (κ2) is 9.11. The van der Waals surface area contributed by atoms with E-state index in [2.05, 4.69) is 10.3 Å². The minimum atomic E-state index is -4.41. The van der Waals surface area contributed by atoms with Gasteiger partial charge in [0.1, 0.15) is 5.82 Å². The quantitative estimate of drug-likeness (QED) is 0.783. The molecular formula is C20H28F3N3O2. The largest absolute Gasteiger partial charge is 0.417 e. The summed E-state index contributed by atoms with van der Waals surface area (Å²) in [6, 6.07) is 2.21. The number of rotatable bonds is 6. The number of likely N-dealkylation sites (tertiary alicyclic amines) is 1. The highest BCUT2D eigenvalue weighted by Gasteiger charge is 2.37. The molecule has 2 aliphatic rings. The molecule has 1 aromatic rings. The summed E-state index contributed by atoms with van der Waals surface area (Å²) in [7, 11) is 0. The number of carbonyl (C=O) groups excluding carboxylic acids is 1. The van der Waals surface area contributed by atoms with Gasteiger partial charge in [-0.2, -0.15) is 13.2 Å². The normalized spacial score (nSPS) is 25.7. The van der Waals surface area contributed by atoms with Crippen LogP contribution in [0.1, 0.15) is 51.0 Å². The summed E-state index contributed by atoms with van der Waals surface area (Å²) in [5.74, 6) is 0.488. The Kier molecular flexibility index (Phi) is 6.80. The van der Waals surface area contributed by atoms with Crippen molar-refractivity contribution in [1.29, 1.82) is 0 Å². The lowest BCUT2D eigenvalue weighted by Crippen LogP contribution is -2.46. The molecule has 1 N–H and O–H groups in total. The van der Waals surface area contributed by atoms with Gasteiger partial charge in [-0.1, -0.05) is 6.92 Å². The van der Waals surface area contributed by atoms with Crippen molar-refractivity contribution in [3.63, 3.8) is 0 Å². The molecule has 0 aromatic carbocycles. The summed E-state index contributed by atoms with van der Waals surface area (Å²) in [6.07, 6.45) is 1.48. The summed E-state index contributed by atoms with van der Waals surface area (Å²) in [4.78, 5) is 18.6. The average Bonchev–Trinajstić information content (AvgIpc) is 3.21. The number of nitrogens with one attached hydrogen (secondary N) is 1. The third-order valence-electron chi connectivity index (χ3n) is 5.51. The van der Waals surface area contributed by atoms with Gasteiger partial charge in [-0.05, 0) is 50.7 Å². The number of amides is 1. The average molecular weight is 399 g/mol. The highest BCUT2D eigenvalue weighted by Crippen LogP contribution is 2.32. The fraction of sp³-hybridized carbons (Fsp3) is 0.700. The van der Waals surface area contributed by atoms with E-state index in [1.807, 2.05) is 11.8 Å². The maximum absolute atomic E-state index is 12.8. The van der Waals surface area contributed by atoms with Gasteiger partial charge in [0.15, 0.2) is 0 Å². The smallest absolute Gasteiger partial charge is 0.376 e. The van der Waals surface area contributed by atoms with Crippen molar-refractivity contribution < 1.29 is 22.7 Å². The van der Waals surface area contributed by atoms with E-state index in [4.69, 9.17) is 4.74 Å². The van der Waals surface area contributed by atoms with E-state index >= 15 is 0 Å². The fourth-order valence-corrected chi connectivity index (χ4v) is 4.02. The van der Waals surface area contributed by atoms with Crippen LogP contribution in [-0.2, 0) is 15.7 Å². The van der Waals surface area contributed by atoms with Crippen LogP contribution >= 0.6 is 0 Å². The van der Waals surface area contributed by atoms with Crippen LogP contribution in [0.25, 0.3) is 0 Å². The number of aromatic nitrogens is 1. The van der Waals surface area contributed by atoms with Gasteiger partial charge in [-0.3, -0.25) is 4.79 Å². The number of alkyl halides is 3. The zero-order chi connectivity index (χ0) is 20.1. The molecule has 3 atom stereocenters. The molecule has 1 saturated carbocycles. The predicted molar refractivity (Wildman–Crippen MR) is 99.8 cm³/mol. The van der Waals surface area contributed by atoms with Crippen molar-refractivity contribution in [3.8, 4) is 0 Å².